The Bertz CT molecular complexity index is 600. The molecule has 0 heterocycles. The molecule has 0 spiro atoms. The minimum absolute atomic E-state index is 0.796. The van der Waals surface area contributed by atoms with Gasteiger partial charge in [0.2, 0.25) is 0 Å². The van der Waals surface area contributed by atoms with Crippen LogP contribution in [0.1, 0.15) is 37.8 Å². The third-order valence-corrected chi connectivity index (χ3v) is 5.10. The second kappa shape index (κ2) is 6.23. The number of rotatable bonds is 6. The number of quaternary nitrogens is 1. The second-order valence-electron chi connectivity index (χ2n) is 6.26. The summed E-state index contributed by atoms with van der Waals surface area (Å²) >= 11 is 0. The fraction of sp³-hybridized carbons (Fsp3) is 0.400. The quantitative estimate of drug-likeness (QED) is 0.841. The first kappa shape index (κ1) is 15.3. The molecule has 1 aliphatic rings. The van der Waals surface area contributed by atoms with E-state index in [1.165, 1.54) is 11.1 Å². The van der Waals surface area contributed by atoms with Gasteiger partial charge >= 0.3 is 0 Å². The summed E-state index contributed by atoms with van der Waals surface area (Å²) in [5.74, 6) is 0. The van der Waals surface area contributed by atoms with Crippen molar-refractivity contribution in [2.45, 2.75) is 32.3 Å². The van der Waals surface area contributed by atoms with Crippen molar-refractivity contribution < 1.29 is 10.0 Å². The summed E-state index contributed by atoms with van der Waals surface area (Å²) in [5.41, 5.74) is 3.71. The van der Waals surface area contributed by atoms with E-state index in [1.807, 2.05) is 12.1 Å². The van der Waals surface area contributed by atoms with Crippen LogP contribution in [0.4, 0.5) is 0 Å². The van der Waals surface area contributed by atoms with Crippen LogP contribution in [0.25, 0.3) is 11.1 Å². The topological polar surface area (TPSA) is 24.7 Å². The lowest BCUT2D eigenvalue weighted by molar-refractivity contribution is -0.896. The zero-order valence-electron chi connectivity index (χ0n) is 13.6. The second-order valence-corrected chi connectivity index (χ2v) is 6.26. The lowest BCUT2D eigenvalue weighted by Gasteiger charge is -2.26. The van der Waals surface area contributed by atoms with Crippen LogP contribution in [0.2, 0.25) is 0 Å². The molecule has 0 fully saturated rings. The van der Waals surface area contributed by atoms with Gasteiger partial charge in [0.1, 0.15) is 5.60 Å². The Morgan fingerprint density at radius 3 is 1.86 bits per heavy atom. The fourth-order valence-electron chi connectivity index (χ4n) is 3.77. The smallest absolute Gasteiger partial charge is 0.116 e. The van der Waals surface area contributed by atoms with Gasteiger partial charge in [-0.1, -0.05) is 48.5 Å². The highest BCUT2D eigenvalue weighted by Gasteiger charge is 2.40. The zero-order valence-corrected chi connectivity index (χ0v) is 13.6. The first-order valence-electron chi connectivity index (χ1n) is 8.46. The molecule has 0 saturated carbocycles. The van der Waals surface area contributed by atoms with Crippen molar-refractivity contribution in [3.63, 3.8) is 0 Å². The van der Waals surface area contributed by atoms with Gasteiger partial charge in [0.25, 0.3) is 0 Å². The average Bonchev–Trinajstić information content (AvgIpc) is 2.82. The zero-order chi connectivity index (χ0) is 15.6. The fourth-order valence-corrected chi connectivity index (χ4v) is 3.77. The number of fused-ring (bicyclic) bond motifs is 3. The molecule has 3 rings (SSSR count). The van der Waals surface area contributed by atoms with Crippen LogP contribution in [0.5, 0.6) is 0 Å². The number of hydrogen-bond acceptors (Lipinski definition) is 1. The molecule has 0 aliphatic heterocycles. The van der Waals surface area contributed by atoms with Gasteiger partial charge in [0.05, 0.1) is 19.6 Å². The van der Waals surface area contributed by atoms with Gasteiger partial charge in [0, 0.05) is 0 Å². The van der Waals surface area contributed by atoms with E-state index in [2.05, 4.69) is 50.2 Å². The summed E-state index contributed by atoms with van der Waals surface area (Å²) in [6, 6.07) is 16.6. The van der Waals surface area contributed by atoms with E-state index in [-0.39, 0.29) is 0 Å². The summed E-state index contributed by atoms with van der Waals surface area (Å²) < 4.78 is 0. The molecule has 0 amide bonds. The first-order valence-corrected chi connectivity index (χ1v) is 8.46. The molecule has 2 heteroatoms. The van der Waals surface area contributed by atoms with Crippen LogP contribution in [-0.4, -0.2) is 24.7 Å². The molecule has 0 saturated heterocycles. The molecule has 0 bridgehead atoms. The Hall–Kier alpha value is -1.64. The summed E-state index contributed by atoms with van der Waals surface area (Å²) in [5, 5.41) is 11.4. The van der Waals surface area contributed by atoms with E-state index < -0.39 is 5.60 Å². The third-order valence-electron chi connectivity index (χ3n) is 5.10. The van der Waals surface area contributed by atoms with E-state index in [0.717, 1.165) is 43.6 Å². The summed E-state index contributed by atoms with van der Waals surface area (Å²) in [4.78, 5) is 1.60. The van der Waals surface area contributed by atoms with Crippen LogP contribution in [0.3, 0.4) is 0 Å². The molecule has 2 nitrogen and oxygen atoms in total. The predicted molar refractivity (Wildman–Crippen MR) is 91.0 cm³/mol. The largest absolute Gasteiger partial charge is 0.380 e. The van der Waals surface area contributed by atoms with Crippen LogP contribution < -0.4 is 4.90 Å². The molecule has 0 radical (unpaired) electrons. The van der Waals surface area contributed by atoms with Crippen molar-refractivity contribution in [3.8, 4) is 11.1 Å². The summed E-state index contributed by atoms with van der Waals surface area (Å²) in [7, 11) is 0. The van der Waals surface area contributed by atoms with Crippen molar-refractivity contribution in [2.75, 3.05) is 19.6 Å². The van der Waals surface area contributed by atoms with Crippen LogP contribution in [0.15, 0.2) is 48.5 Å². The van der Waals surface area contributed by atoms with Crippen molar-refractivity contribution in [3.05, 3.63) is 59.7 Å². The minimum atomic E-state index is -0.820. The Morgan fingerprint density at radius 1 is 0.864 bits per heavy atom. The Labute approximate surface area is 133 Å². The molecular formula is C20H26NO+. The maximum Gasteiger partial charge on any atom is 0.116 e. The van der Waals surface area contributed by atoms with Gasteiger partial charge in [-0.25, -0.2) is 0 Å². The minimum Gasteiger partial charge on any atom is -0.380 e. The predicted octanol–water partition coefficient (Wildman–Crippen LogP) is 2.61. The van der Waals surface area contributed by atoms with Crippen molar-refractivity contribution in [1.29, 1.82) is 0 Å². The monoisotopic (exact) mass is 296 g/mol. The van der Waals surface area contributed by atoms with E-state index >= 15 is 0 Å². The van der Waals surface area contributed by atoms with Gasteiger partial charge in [-0.05, 0) is 48.9 Å². The Kier molecular flexibility index (Phi) is 4.32. The molecule has 0 unspecified atom stereocenters. The molecule has 2 aromatic rings. The molecule has 116 valence electrons. The number of nitrogens with one attached hydrogen (secondary N) is 1. The normalized spacial score (nSPS) is 14.9. The van der Waals surface area contributed by atoms with Gasteiger partial charge < -0.3 is 10.0 Å². The molecule has 2 aromatic carbocycles. The lowest BCUT2D eigenvalue weighted by atomic mass is 9.87. The number of benzene rings is 2. The van der Waals surface area contributed by atoms with E-state index in [1.54, 1.807) is 4.90 Å². The number of aliphatic hydroxyl groups is 1. The van der Waals surface area contributed by atoms with Crippen LogP contribution in [-0.2, 0) is 5.60 Å². The number of hydrogen-bond donors (Lipinski definition) is 2. The molecule has 2 N–H and O–H groups in total. The summed E-state index contributed by atoms with van der Waals surface area (Å²) in [6.07, 6.45) is 1.83. The standard InChI is InChI=1S/C20H25NO/c1-3-21(4-2)15-9-14-20(22)18-12-7-5-10-16(18)17-11-6-8-13-19(17)20/h5-8,10-13,22H,3-4,9,14-15H2,1-2H3/p+1. The molecule has 1 aliphatic carbocycles. The van der Waals surface area contributed by atoms with Gasteiger partial charge in [-0.2, -0.15) is 0 Å². The molecule has 22 heavy (non-hydrogen) atoms. The van der Waals surface area contributed by atoms with Gasteiger partial charge in [0.15, 0.2) is 0 Å². The van der Waals surface area contributed by atoms with Crippen molar-refractivity contribution >= 4 is 0 Å². The van der Waals surface area contributed by atoms with Crippen molar-refractivity contribution in [1.82, 2.24) is 0 Å². The highest BCUT2D eigenvalue weighted by Crippen LogP contribution is 2.49. The maximum absolute atomic E-state index is 11.4. The molecule has 0 aromatic heterocycles. The SMILES string of the molecule is CC[NH+](CC)CCCC1(O)c2ccccc2-c2ccccc21. The van der Waals surface area contributed by atoms with Gasteiger partial charge in [-0.3, -0.25) is 0 Å². The summed E-state index contributed by atoms with van der Waals surface area (Å²) in [6.45, 7) is 7.89. The van der Waals surface area contributed by atoms with E-state index in [4.69, 9.17) is 0 Å². The first-order chi connectivity index (χ1) is 10.7. The molecular weight excluding hydrogens is 270 g/mol. The lowest BCUT2D eigenvalue weighted by Crippen LogP contribution is -3.11. The Morgan fingerprint density at radius 2 is 1.36 bits per heavy atom. The maximum atomic E-state index is 11.4. The highest BCUT2D eigenvalue weighted by atomic mass is 16.3. The van der Waals surface area contributed by atoms with E-state index in [9.17, 15) is 5.11 Å². The average molecular weight is 296 g/mol. The van der Waals surface area contributed by atoms with Crippen LogP contribution in [0, 0.1) is 0 Å². The van der Waals surface area contributed by atoms with Crippen molar-refractivity contribution in [2.24, 2.45) is 0 Å². The third kappa shape index (κ3) is 2.47. The molecule has 0 atom stereocenters. The van der Waals surface area contributed by atoms with E-state index in [0.29, 0.717) is 0 Å². The highest BCUT2D eigenvalue weighted by molar-refractivity contribution is 5.79. The van der Waals surface area contributed by atoms with Gasteiger partial charge in [-0.15, -0.1) is 0 Å². The van der Waals surface area contributed by atoms with Crippen LogP contribution >= 0.6 is 0 Å². The Balaban J connectivity index is 1.89.